The predicted molar refractivity (Wildman–Crippen MR) is 72.9 cm³/mol. The van der Waals surface area contributed by atoms with Gasteiger partial charge in [-0.2, -0.15) is 5.26 Å². The van der Waals surface area contributed by atoms with Crippen molar-refractivity contribution in [3.63, 3.8) is 0 Å². The second kappa shape index (κ2) is 6.67. The zero-order valence-corrected chi connectivity index (χ0v) is 10.5. The first-order chi connectivity index (χ1) is 9.29. The van der Waals surface area contributed by atoms with Crippen LogP contribution in [0.2, 0.25) is 0 Å². The van der Waals surface area contributed by atoms with Crippen molar-refractivity contribution in [2.45, 2.75) is 12.5 Å². The van der Waals surface area contributed by atoms with Gasteiger partial charge in [0, 0.05) is 13.1 Å². The molecule has 0 amide bonds. The molecule has 2 aromatic carbocycles. The van der Waals surface area contributed by atoms with Crippen LogP contribution in [0, 0.1) is 17.1 Å². The van der Waals surface area contributed by atoms with E-state index in [2.05, 4.69) is 11.4 Å². The SMILES string of the molecule is N#CC(CNCc1ccc(F)cc1)c1ccccc1. The highest BCUT2D eigenvalue weighted by Crippen LogP contribution is 2.13. The van der Waals surface area contributed by atoms with E-state index in [0.29, 0.717) is 13.1 Å². The second-order valence-corrected chi connectivity index (χ2v) is 4.35. The first-order valence-electron chi connectivity index (χ1n) is 6.19. The minimum absolute atomic E-state index is 0.165. The number of halogens is 1. The van der Waals surface area contributed by atoms with Gasteiger partial charge >= 0.3 is 0 Å². The van der Waals surface area contributed by atoms with Gasteiger partial charge in [0.25, 0.3) is 0 Å². The standard InChI is InChI=1S/C16H15FN2/c17-16-8-6-13(7-9-16)11-19-12-15(10-18)14-4-2-1-3-5-14/h1-9,15,19H,11-12H2. The van der Waals surface area contributed by atoms with Crippen molar-refractivity contribution >= 4 is 0 Å². The number of nitrogens with one attached hydrogen (secondary N) is 1. The number of rotatable bonds is 5. The molecule has 0 spiro atoms. The van der Waals surface area contributed by atoms with Crippen LogP contribution in [0.25, 0.3) is 0 Å². The Labute approximate surface area is 112 Å². The lowest BCUT2D eigenvalue weighted by atomic mass is 10.0. The summed E-state index contributed by atoms with van der Waals surface area (Å²) in [5.41, 5.74) is 2.02. The van der Waals surface area contributed by atoms with Crippen molar-refractivity contribution in [3.8, 4) is 6.07 Å². The summed E-state index contributed by atoms with van der Waals surface area (Å²) >= 11 is 0. The summed E-state index contributed by atoms with van der Waals surface area (Å²) < 4.78 is 12.7. The molecule has 3 heteroatoms. The molecule has 2 nitrogen and oxygen atoms in total. The molecular formula is C16H15FN2. The monoisotopic (exact) mass is 254 g/mol. The van der Waals surface area contributed by atoms with Gasteiger partial charge in [0.05, 0.1) is 12.0 Å². The fraction of sp³-hybridized carbons (Fsp3) is 0.188. The molecule has 2 aromatic rings. The van der Waals surface area contributed by atoms with Crippen LogP contribution in [0.15, 0.2) is 54.6 Å². The Morgan fingerprint density at radius 1 is 1.05 bits per heavy atom. The Bertz CT molecular complexity index is 543. The van der Waals surface area contributed by atoms with Gasteiger partial charge in [-0.3, -0.25) is 0 Å². The highest BCUT2D eigenvalue weighted by Gasteiger charge is 2.09. The van der Waals surface area contributed by atoms with Crippen molar-refractivity contribution in [2.24, 2.45) is 0 Å². The third-order valence-electron chi connectivity index (χ3n) is 2.95. The van der Waals surface area contributed by atoms with Gasteiger partial charge < -0.3 is 5.32 Å². The maximum atomic E-state index is 12.7. The lowest BCUT2D eigenvalue weighted by Crippen LogP contribution is -2.20. The third-order valence-corrected chi connectivity index (χ3v) is 2.95. The first kappa shape index (κ1) is 13.3. The molecule has 96 valence electrons. The largest absolute Gasteiger partial charge is 0.311 e. The van der Waals surface area contributed by atoms with Crippen LogP contribution in [-0.2, 0) is 6.54 Å². The van der Waals surface area contributed by atoms with Crippen molar-refractivity contribution in [1.29, 1.82) is 5.26 Å². The fourth-order valence-corrected chi connectivity index (χ4v) is 1.89. The normalized spacial score (nSPS) is 11.8. The zero-order valence-electron chi connectivity index (χ0n) is 10.5. The van der Waals surface area contributed by atoms with E-state index < -0.39 is 0 Å². The van der Waals surface area contributed by atoms with Gasteiger partial charge in [-0.05, 0) is 23.3 Å². The molecule has 0 radical (unpaired) electrons. The van der Waals surface area contributed by atoms with E-state index in [9.17, 15) is 9.65 Å². The highest BCUT2D eigenvalue weighted by molar-refractivity contribution is 5.25. The quantitative estimate of drug-likeness (QED) is 0.889. The summed E-state index contributed by atoms with van der Waals surface area (Å²) in [6, 6.07) is 18.4. The van der Waals surface area contributed by atoms with Gasteiger partial charge in [0.1, 0.15) is 5.82 Å². The smallest absolute Gasteiger partial charge is 0.123 e. The molecule has 0 bridgehead atoms. The van der Waals surface area contributed by atoms with Crippen LogP contribution in [0.1, 0.15) is 17.0 Å². The average molecular weight is 254 g/mol. The minimum Gasteiger partial charge on any atom is -0.311 e. The number of nitrogens with zero attached hydrogens (tertiary/aromatic N) is 1. The van der Waals surface area contributed by atoms with E-state index >= 15 is 0 Å². The molecule has 2 rings (SSSR count). The Kier molecular flexibility index (Phi) is 4.66. The Morgan fingerprint density at radius 2 is 1.74 bits per heavy atom. The lowest BCUT2D eigenvalue weighted by Gasteiger charge is -2.10. The van der Waals surface area contributed by atoms with Crippen molar-refractivity contribution < 1.29 is 4.39 Å². The van der Waals surface area contributed by atoms with Crippen molar-refractivity contribution in [2.75, 3.05) is 6.54 Å². The maximum Gasteiger partial charge on any atom is 0.123 e. The van der Waals surface area contributed by atoms with E-state index in [1.807, 2.05) is 30.3 Å². The molecule has 0 aromatic heterocycles. The molecule has 0 saturated heterocycles. The summed E-state index contributed by atoms with van der Waals surface area (Å²) in [7, 11) is 0. The minimum atomic E-state index is -0.233. The second-order valence-electron chi connectivity index (χ2n) is 4.35. The van der Waals surface area contributed by atoms with Gasteiger partial charge in [0.15, 0.2) is 0 Å². The van der Waals surface area contributed by atoms with Crippen molar-refractivity contribution in [3.05, 3.63) is 71.5 Å². The summed E-state index contributed by atoms with van der Waals surface area (Å²) in [5.74, 6) is -0.399. The molecule has 0 saturated carbocycles. The molecule has 1 unspecified atom stereocenters. The molecule has 0 heterocycles. The number of hydrogen-bond acceptors (Lipinski definition) is 2. The van der Waals surface area contributed by atoms with Gasteiger partial charge in [-0.1, -0.05) is 42.5 Å². The summed E-state index contributed by atoms with van der Waals surface area (Å²) in [6.45, 7) is 1.21. The van der Waals surface area contributed by atoms with E-state index in [-0.39, 0.29) is 11.7 Å². The fourth-order valence-electron chi connectivity index (χ4n) is 1.89. The van der Waals surface area contributed by atoms with Crippen LogP contribution in [0.4, 0.5) is 4.39 Å². The van der Waals surface area contributed by atoms with E-state index in [4.69, 9.17) is 0 Å². The molecular weight excluding hydrogens is 239 g/mol. The molecule has 19 heavy (non-hydrogen) atoms. The molecule has 0 aliphatic rings. The maximum absolute atomic E-state index is 12.7. The van der Waals surface area contributed by atoms with Crippen LogP contribution < -0.4 is 5.32 Å². The van der Waals surface area contributed by atoms with Crippen LogP contribution in [-0.4, -0.2) is 6.54 Å². The Balaban J connectivity index is 1.88. The Morgan fingerprint density at radius 3 is 2.37 bits per heavy atom. The molecule has 0 fully saturated rings. The summed E-state index contributed by atoms with van der Waals surface area (Å²) in [6.07, 6.45) is 0. The van der Waals surface area contributed by atoms with Crippen LogP contribution >= 0.6 is 0 Å². The van der Waals surface area contributed by atoms with Crippen LogP contribution in [0.5, 0.6) is 0 Å². The third kappa shape index (κ3) is 3.90. The van der Waals surface area contributed by atoms with Gasteiger partial charge in [-0.25, -0.2) is 4.39 Å². The molecule has 0 aliphatic heterocycles. The van der Waals surface area contributed by atoms with E-state index in [1.165, 1.54) is 12.1 Å². The first-order valence-corrected chi connectivity index (χ1v) is 6.19. The van der Waals surface area contributed by atoms with E-state index in [0.717, 1.165) is 11.1 Å². The molecule has 0 aliphatic carbocycles. The summed E-state index contributed by atoms with van der Waals surface area (Å²) in [5, 5.41) is 12.4. The predicted octanol–water partition coefficient (Wildman–Crippen LogP) is 3.22. The zero-order chi connectivity index (χ0) is 13.5. The number of benzene rings is 2. The number of hydrogen-bond donors (Lipinski definition) is 1. The lowest BCUT2D eigenvalue weighted by molar-refractivity contribution is 0.622. The average Bonchev–Trinajstić information content (AvgIpc) is 2.46. The molecule has 1 atom stereocenters. The van der Waals surface area contributed by atoms with Crippen LogP contribution in [0.3, 0.4) is 0 Å². The van der Waals surface area contributed by atoms with Gasteiger partial charge in [-0.15, -0.1) is 0 Å². The topological polar surface area (TPSA) is 35.8 Å². The van der Waals surface area contributed by atoms with E-state index in [1.54, 1.807) is 12.1 Å². The highest BCUT2D eigenvalue weighted by atomic mass is 19.1. The molecule has 1 N–H and O–H groups in total. The number of nitriles is 1. The Hall–Kier alpha value is -2.18. The van der Waals surface area contributed by atoms with Gasteiger partial charge in [0.2, 0.25) is 0 Å². The van der Waals surface area contributed by atoms with Crippen molar-refractivity contribution in [1.82, 2.24) is 5.32 Å². The summed E-state index contributed by atoms with van der Waals surface area (Å²) in [4.78, 5) is 0.